The summed E-state index contributed by atoms with van der Waals surface area (Å²) in [6, 6.07) is 10.7. The van der Waals surface area contributed by atoms with Gasteiger partial charge in [0.2, 0.25) is 0 Å². The predicted molar refractivity (Wildman–Crippen MR) is 133 cm³/mol. The molecule has 1 saturated heterocycles. The molecule has 0 amide bonds. The second kappa shape index (κ2) is 11.6. The van der Waals surface area contributed by atoms with Crippen LogP contribution in [-0.2, 0) is 19.7 Å². The summed E-state index contributed by atoms with van der Waals surface area (Å²) in [5, 5.41) is 14.3. The van der Waals surface area contributed by atoms with Crippen LogP contribution in [0, 0.1) is 6.92 Å². The number of hydrogen-bond acceptors (Lipinski definition) is 7. The number of rotatable bonds is 9. The molecule has 1 aliphatic rings. The summed E-state index contributed by atoms with van der Waals surface area (Å²) >= 11 is 5.83. The highest BCUT2D eigenvalue weighted by molar-refractivity contribution is 6.30. The standard InChI is InChI=1S/C26H29ClN4O4/c1-18-10-19(14-30-9-3-2-4-22(30)16-32)5-8-24(18)25(33)15-31-26(34)11-23(13-29-31)35-17-21-7-6-20(27)12-28-21/h5-8,10-13,22,32H,2-4,9,14-17H2,1H3/t22-/m1/s1. The summed E-state index contributed by atoms with van der Waals surface area (Å²) in [7, 11) is 0. The van der Waals surface area contributed by atoms with Crippen LogP contribution in [0.4, 0.5) is 0 Å². The number of halogens is 1. The lowest BCUT2D eigenvalue weighted by Crippen LogP contribution is -2.41. The Morgan fingerprint density at radius 3 is 2.77 bits per heavy atom. The number of pyridine rings is 1. The average molecular weight is 497 g/mol. The van der Waals surface area contributed by atoms with E-state index in [0.29, 0.717) is 22.0 Å². The molecule has 1 aliphatic heterocycles. The summed E-state index contributed by atoms with van der Waals surface area (Å²) in [5.74, 6) is 0.115. The number of carbonyl (C=O) groups is 1. The van der Waals surface area contributed by atoms with Gasteiger partial charge in [0.1, 0.15) is 18.9 Å². The van der Waals surface area contributed by atoms with Crippen LogP contribution in [0.5, 0.6) is 5.75 Å². The minimum atomic E-state index is -0.422. The van der Waals surface area contributed by atoms with Gasteiger partial charge in [0.15, 0.2) is 5.78 Å². The van der Waals surface area contributed by atoms with E-state index < -0.39 is 5.56 Å². The van der Waals surface area contributed by atoms with Crippen molar-refractivity contribution >= 4 is 17.4 Å². The summed E-state index contributed by atoms with van der Waals surface area (Å²) in [6.45, 7) is 3.79. The molecule has 184 valence electrons. The number of aliphatic hydroxyl groups is 1. The molecule has 3 heterocycles. The van der Waals surface area contributed by atoms with Crippen LogP contribution >= 0.6 is 11.6 Å². The van der Waals surface area contributed by atoms with E-state index in [9.17, 15) is 14.7 Å². The third-order valence-corrected chi connectivity index (χ3v) is 6.47. The molecular weight excluding hydrogens is 468 g/mol. The quantitative estimate of drug-likeness (QED) is 0.453. The summed E-state index contributed by atoms with van der Waals surface area (Å²) in [5.41, 5.74) is 2.77. The van der Waals surface area contributed by atoms with E-state index in [0.717, 1.165) is 48.2 Å². The molecule has 0 unspecified atom stereocenters. The minimum Gasteiger partial charge on any atom is -0.485 e. The van der Waals surface area contributed by atoms with Crippen LogP contribution in [0.3, 0.4) is 0 Å². The van der Waals surface area contributed by atoms with Gasteiger partial charge in [-0.3, -0.25) is 19.5 Å². The Morgan fingerprint density at radius 2 is 2.06 bits per heavy atom. The van der Waals surface area contributed by atoms with Crippen molar-refractivity contribution in [3.8, 4) is 5.75 Å². The maximum Gasteiger partial charge on any atom is 0.270 e. The molecule has 1 aromatic carbocycles. The fourth-order valence-electron chi connectivity index (χ4n) is 4.33. The van der Waals surface area contributed by atoms with Gasteiger partial charge in [0.05, 0.1) is 23.5 Å². The number of carbonyl (C=O) groups excluding carboxylic acids is 1. The fourth-order valence-corrected chi connectivity index (χ4v) is 4.44. The summed E-state index contributed by atoms with van der Waals surface area (Å²) < 4.78 is 6.71. The minimum absolute atomic E-state index is 0.156. The largest absolute Gasteiger partial charge is 0.485 e. The Bertz CT molecular complexity index is 1230. The second-order valence-corrected chi connectivity index (χ2v) is 9.26. The third kappa shape index (κ3) is 6.54. The zero-order valence-electron chi connectivity index (χ0n) is 19.7. The lowest BCUT2D eigenvalue weighted by Gasteiger charge is -2.34. The smallest absolute Gasteiger partial charge is 0.270 e. The predicted octanol–water partition coefficient (Wildman–Crippen LogP) is 3.41. The lowest BCUT2D eigenvalue weighted by atomic mass is 9.99. The number of aryl methyl sites for hydroxylation is 1. The Kier molecular flexibility index (Phi) is 8.28. The van der Waals surface area contributed by atoms with Crippen molar-refractivity contribution in [1.82, 2.24) is 19.7 Å². The van der Waals surface area contributed by atoms with E-state index in [1.807, 2.05) is 25.1 Å². The van der Waals surface area contributed by atoms with Crippen molar-refractivity contribution < 1.29 is 14.6 Å². The number of aliphatic hydroxyl groups excluding tert-OH is 1. The topological polar surface area (TPSA) is 97.6 Å². The van der Waals surface area contributed by atoms with E-state index in [2.05, 4.69) is 15.0 Å². The maximum atomic E-state index is 12.9. The number of hydrogen-bond donors (Lipinski definition) is 1. The molecule has 0 aliphatic carbocycles. The zero-order chi connectivity index (χ0) is 24.8. The number of ether oxygens (including phenoxy) is 1. The maximum absolute atomic E-state index is 12.9. The van der Waals surface area contributed by atoms with Crippen LogP contribution in [0.2, 0.25) is 5.02 Å². The summed E-state index contributed by atoms with van der Waals surface area (Å²) in [6.07, 6.45) is 6.23. The highest BCUT2D eigenvalue weighted by Gasteiger charge is 2.22. The zero-order valence-corrected chi connectivity index (χ0v) is 20.4. The number of aromatic nitrogens is 3. The first-order valence-electron chi connectivity index (χ1n) is 11.7. The molecule has 0 bridgehead atoms. The number of piperidine rings is 1. The van der Waals surface area contributed by atoms with Crippen molar-refractivity contribution in [3.63, 3.8) is 0 Å². The van der Waals surface area contributed by atoms with Crippen molar-refractivity contribution in [2.45, 2.75) is 51.9 Å². The Labute approximate surface area is 209 Å². The second-order valence-electron chi connectivity index (χ2n) is 8.82. The van der Waals surface area contributed by atoms with Crippen molar-refractivity contribution in [1.29, 1.82) is 0 Å². The molecule has 2 aromatic heterocycles. The van der Waals surface area contributed by atoms with Gasteiger partial charge < -0.3 is 9.84 Å². The van der Waals surface area contributed by atoms with E-state index in [-0.39, 0.29) is 31.6 Å². The van der Waals surface area contributed by atoms with E-state index in [1.165, 1.54) is 18.5 Å². The van der Waals surface area contributed by atoms with Crippen LogP contribution in [-0.4, -0.2) is 49.7 Å². The SMILES string of the molecule is Cc1cc(CN2CCCC[C@@H]2CO)ccc1C(=O)Cn1ncc(OCc2ccc(Cl)cn2)cc1=O. The van der Waals surface area contributed by atoms with Gasteiger partial charge in [-0.25, -0.2) is 4.68 Å². The molecule has 1 N–H and O–H groups in total. The molecule has 1 fully saturated rings. The molecule has 0 saturated carbocycles. The molecule has 3 aromatic rings. The number of ketones is 1. The lowest BCUT2D eigenvalue weighted by molar-refractivity contribution is 0.0841. The Balaban J connectivity index is 1.38. The molecule has 0 spiro atoms. The van der Waals surface area contributed by atoms with E-state index in [4.69, 9.17) is 16.3 Å². The highest BCUT2D eigenvalue weighted by Crippen LogP contribution is 2.21. The van der Waals surface area contributed by atoms with Gasteiger partial charge in [-0.2, -0.15) is 5.10 Å². The Morgan fingerprint density at radius 1 is 1.20 bits per heavy atom. The molecule has 1 atom stereocenters. The van der Waals surface area contributed by atoms with Gasteiger partial charge >= 0.3 is 0 Å². The first-order valence-corrected chi connectivity index (χ1v) is 12.1. The van der Waals surface area contributed by atoms with Crippen molar-refractivity contribution in [3.05, 3.63) is 86.6 Å². The number of nitrogens with zero attached hydrogens (tertiary/aromatic N) is 4. The van der Waals surface area contributed by atoms with Gasteiger partial charge in [0, 0.05) is 30.4 Å². The van der Waals surface area contributed by atoms with Gasteiger partial charge in [-0.15, -0.1) is 0 Å². The molecule has 4 rings (SSSR count). The van der Waals surface area contributed by atoms with E-state index >= 15 is 0 Å². The van der Waals surface area contributed by atoms with Crippen LogP contribution in [0.15, 0.2) is 53.6 Å². The third-order valence-electron chi connectivity index (χ3n) is 6.25. The van der Waals surface area contributed by atoms with Crippen molar-refractivity contribution in [2.24, 2.45) is 0 Å². The normalized spacial score (nSPS) is 16.3. The molecule has 8 nitrogen and oxygen atoms in total. The average Bonchev–Trinajstić information content (AvgIpc) is 2.85. The first kappa shape index (κ1) is 25.0. The van der Waals surface area contributed by atoms with Crippen molar-refractivity contribution in [2.75, 3.05) is 13.2 Å². The fraction of sp³-hybridized carbons (Fsp3) is 0.385. The number of benzene rings is 1. The number of Topliss-reactive ketones (excluding diaryl/α,β-unsaturated/α-hetero) is 1. The monoisotopic (exact) mass is 496 g/mol. The molecule has 35 heavy (non-hydrogen) atoms. The van der Waals surface area contributed by atoms with Crippen LogP contribution < -0.4 is 10.3 Å². The first-order chi connectivity index (χ1) is 16.9. The van der Waals surface area contributed by atoms with Crippen LogP contribution in [0.25, 0.3) is 0 Å². The molecular formula is C26H29ClN4O4. The summed E-state index contributed by atoms with van der Waals surface area (Å²) in [4.78, 5) is 31.9. The van der Waals surface area contributed by atoms with Crippen LogP contribution in [0.1, 0.15) is 46.4 Å². The van der Waals surface area contributed by atoms with E-state index in [1.54, 1.807) is 12.1 Å². The van der Waals surface area contributed by atoms with Gasteiger partial charge in [-0.05, 0) is 49.6 Å². The van der Waals surface area contributed by atoms with Gasteiger partial charge in [-0.1, -0.05) is 36.2 Å². The molecule has 9 heteroatoms. The van der Waals surface area contributed by atoms with Gasteiger partial charge in [0.25, 0.3) is 5.56 Å². The Hall–Kier alpha value is -3.07. The molecule has 0 radical (unpaired) electrons. The number of likely N-dealkylation sites (tertiary alicyclic amines) is 1. The highest BCUT2D eigenvalue weighted by atomic mass is 35.5.